The molecule has 0 radical (unpaired) electrons. The van der Waals surface area contributed by atoms with Gasteiger partial charge in [0.25, 0.3) is 5.91 Å². The number of ketones is 1. The van der Waals surface area contributed by atoms with Gasteiger partial charge < -0.3 is 5.32 Å². The number of aryl methyl sites for hydroxylation is 1. The Morgan fingerprint density at radius 1 is 0.886 bits per heavy atom. The summed E-state index contributed by atoms with van der Waals surface area (Å²) in [5, 5.41) is 5.05. The average Bonchev–Trinajstić information content (AvgIpc) is 2.89. The van der Waals surface area contributed by atoms with Crippen LogP contribution in [0.25, 0.3) is 6.08 Å². The molecule has 7 heteroatoms. The van der Waals surface area contributed by atoms with E-state index in [0.29, 0.717) is 16.8 Å². The number of hydrogen-bond donors (Lipinski definition) is 2. The number of nitrogens with zero attached hydrogens (tertiary/aromatic N) is 1. The number of rotatable bonds is 9. The molecule has 0 saturated carbocycles. The molecule has 0 aliphatic heterocycles. The Labute approximate surface area is 205 Å². The molecule has 0 aromatic heterocycles. The third-order valence-electron chi connectivity index (χ3n) is 5.05. The van der Waals surface area contributed by atoms with Crippen molar-refractivity contribution in [2.24, 2.45) is 5.29 Å². The van der Waals surface area contributed by atoms with Crippen molar-refractivity contribution in [2.45, 2.75) is 32.6 Å². The van der Waals surface area contributed by atoms with E-state index in [-0.39, 0.29) is 12.2 Å². The van der Waals surface area contributed by atoms with E-state index in [9.17, 15) is 19.3 Å². The Hall–Kier alpha value is -4.39. The third-order valence-corrected chi connectivity index (χ3v) is 5.05. The lowest BCUT2D eigenvalue weighted by atomic mass is 9.91. The van der Waals surface area contributed by atoms with Crippen molar-refractivity contribution >= 4 is 29.4 Å². The fourth-order valence-electron chi connectivity index (χ4n) is 3.23. The van der Waals surface area contributed by atoms with E-state index in [1.165, 1.54) is 11.6 Å². The molecule has 0 aliphatic rings. The molecule has 2 N–H and O–H groups in total. The normalized spacial score (nSPS) is 11.0. The highest BCUT2D eigenvalue weighted by Gasteiger charge is 2.27. The minimum atomic E-state index is -0.964. The molecular weight excluding hydrogens is 442 g/mol. The third kappa shape index (κ3) is 9.17. The van der Waals surface area contributed by atoms with Crippen LogP contribution >= 0.6 is 0 Å². The zero-order chi connectivity index (χ0) is 25.5. The summed E-state index contributed by atoms with van der Waals surface area (Å²) in [6, 6.07) is 26.1. The first-order chi connectivity index (χ1) is 17.0. The summed E-state index contributed by atoms with van der Waals surface area (Å²) in [6.45, 7) is 3.86. The van der Waals surface area contributed by atoms with Crippen LogP contribution in [0, 0.1) is 4.91 Å². The maximum absolute atomic E-state index is 12.7. The first kappa shape index (κ1) is 26.9. The molecule has 0 bridgehead atoms. The summed E-state index contributed by atoms with van der Waals surface area (Å²) in [7, 11) is 0. The number of carbonyl (C=O) groups excluding carboxylic acids is 3. The maximum Gasteiger partial charge on any atom is 0.266 e. The van der Waals surface area contributed by atoms with Crippen LogP contribution in [0.1, 0.15) is 42.9 Å². The molecule has 0 heterocycles. The van der Waals surface area contributed by atoms with Crippen molar-refractivity contribution in [3.05, 3.63) is 113 Å². The number of amides is 2. The summed E-state index contributed by atoms with van der Waals surface area (Å²) in [5.41, 5.74) is 4.89. The smallest absolute Gasteiger partial charge is 0.266 e. The monoisotopic (exact) mass is 471 g/mol. The predicted molar refractivity (Wildman–Crippen MR) is 138 cm³/mol. The first-order valence-electron chi connectivity index (χ1n) is 11.3. The Balaban J connectivity index is 0.000000456. The Kier molecular flexibility index (Phi) is 11.3. The molecule has 0 fully saturated rings. The topological polar surface area (TPSA) is 105 Å². The van der Waals surface area contributed by atoms with Gasteiger partial charge in [-0.3, -0.25) is 14.4 Å². The largest absolute Gasteiger partial charge is 0.325 e. The predicted octanol–water partition coefficient (Wildman–Crippen LogP) is 5.45. The highest BCUT2D eigenvalue weighted by Crippen LogP contribution is 2.22. The Bertz CT molecular complexity index is 1150. The molecular formula is C28H29N3O4. The van der Waals surface area contributed by atoms with Crippen molar-refractivity contribution in [1.29, 1.82) is 0 Å². The van der Waals surface area contributed by atoms with E-state index < -0.39 is 17.7 Å². The number of Topliss-reactive ketones (excluding diaryl/α,β-unsaturated/α-hetero) is 1. The molecule has 1 atom stereocenters. The highest BCUT2D eigenvalue weighted by atomic mass is 16.3. The second-order valence-corrected chi connectivity index (χ2v) is 7.52. The quantitative estimate of drug-likeness (QED) is 0.187. The lowest BCUT2D eigenvalue weighted by molar-refractivity contribution is -0.127. The van der Waals surface area contributed by atoms with Gasteiger partial charge in [0.05, 0.1) is 5.29 Å². The molecule has 3 rings (SSSR count). The van der Waals surface area contributed by atoms with Gasteiger partial charge in [-0.2, -0.15) is 0 Å². The second-order valence-electron chi connectivity index (χ2n) is 7.52. The van der Waals surface area contributed by atoms with Crippen LogP contribution in [-0.4, -0.2) is 17.6 Å². The first-order valence-corrected chi connectivity index (χ1v) is 11.3. The van der Waals surface area contributed by atoms with Gasteiger partial charge in [0.2, 0.25) is 5.91 Å². The summed E-state index contributed by atoms with van der Waals surface area (Å²) in [6.07, 6.45) is 3.95. The van der Waals surface area contributed by atoms with Crippen LogP contribution in [-0.2, 0) is 20.8 Å². The van der Waals surface area contributed by atoms with Crippen molar-refractivity contribution in [2.75, 3.05) is 5.32 Å². The Morgan fingerprint density at radius 3 is 2.11 bits per heavy atom. The van der Waals surface area contributed by atoms with Crippen LogP contribution in [0.3, 0.4) is 0 Å². The van der Waals surface area contributed by atoms with Crippen LogP contribution in [0.2, 0.25) is 0 Å². The summed E-state index contributed by atoms with van der Waals surface area (Å²) >= 11 is 0. The molecule has 3 aromatic rings. The van der Waals surface area contributed by atoms with Crippen LogP contribution in [0.15, 0.2) is 96.3 Å². The number of carbonyl (C=O) groups is 3. The SMILES string of the molecule is CCC(=O)C(C(=O)Nc1ccccc1)c1cccc(/C=C/C(=O)NN=O)c1.CCc1ccccc1. The van der Waals surface area contributed by atoms with E-state index in [1.807, 2.05) is 12.1 Å². The summed E-state index contributed by atoms with van der Waals surface area (Å²) < 4.78 is 0. The molecule has 180 valence electrons. The van der Waals surface area contributed by atoms with E-state index in [2.05, 4.69) is 41.8 Å². The average molecular weight is 472 g/mol. The number of nitrogens with one attached hydrogen (secondary N) is 2. The van der Waals surface area contributed by atoms with Gasteiger partial charge in [-0.15, -0.1) is 4.91 Å². The zero-order valence-corrected chi connectivity index (χ0v) is 19.8. The highest BCUT2D eigenvalue weighted by molar-refractivity contribution is 6.11. The standard InChI is InChI=1S/C20H19N3O4.C8H10/c1-2-17(24)19(20(26)21-16-9-4-3-5-10-16)15-8-6-7-14(13-15)11-12-18(25)22-23-27;1-2-8-6-4-3-5-7-8/h3-13,19H,2H2,1H3,(H,21,26)(H,22,25,27);3-7H,2H2,1H3/b12-11+;. The summed E-state index contributed by atoms with van der Waals surface area (Å²) in [4.78, 5) is 46.4. The molecule has 35 heavy (non-hydrogen) atoms. The van der Waals surface area contributed by atoms with E-state index in [0.717, 1.165) is 12.5 Å². The molecule has 3 aromatic carbocycles. The second kappa shape index (κ2) is 14.7. The van der Waals surface area contributed by atoms with Crippen LogP contribution in [0.4, 0.5) is 5.69 Å². The van der Waals surface area contributed by atoms with Gasteiger partial charge in [0, 0.05) is 18.2 Å². The van der Waals surface area contributed by atoms with E-state index in [4.69, 9.17) is 0 Å². The maximum atomic E-state index is 12.7. The van der Waals surface area contributed by atoms with E-state index >= 15 is 0 Å². The van der Waals surface area contributed by atoms with Gasteiger partial charge >= 0.3 is 0 Å². The number of benzene rings is 3. The van der Waals surface area contributed by atoms with Gasteiger partial charge in [0.1, 0.15) is 11.7 Å². The molecule has 0 saturated heterocycles. The number of anilines is 1. The van der Waals surface area contributed by atoms with Gasteiger partial charge in [0.15, 0.2) is 0 Å². The van der Waals surface area contributed by atoms with Crippen molar-refractivity contribution in [1.82, 2.24) is 5.43 Å². The fourth-order valence-corrected chi connectivity index (χ4v) is 3.23. The molecule has 7 nitrogen and oxygen atoms in total. The molecule has 1 unspecified atom stereocenters. The Morgan fingerprint density at radius 2 is 1.54 bits per heavy atom. The molecule has 0 aliphatic carbocycles. The number of hydrogen-bond acceptors (Lipinski definition) is 5. The molecule has 0 spiro atoms. The van der Waals surface area contributed by atoms with Crippen molar-refractivity contribution < 1.29 is 14.4 Å². The zero-order valence-electron chi connectivity index (χ0n) is 19.8. The minimum Gasteiger partial charge on any atom is -0.325 e. The van der Waals surface area contributed by atoms with Crippen molar-refractivity contribution in [3.8, 4) is 0 Å². The minimum absolute atomic E-state index is 0.209. The van der Waals surface area contributed by atoms with Crippen LogP contribution in [0.5, 0.6) is 0 Å². The lowest BCUT2D eigenvalue weighted by Gasteiger charge is -2.16. The van der Waals surface area contributed by atoms with Crippen LogP contribution < -0.4 is 10.7 Å². The molecule has 2 amide bonds. The lowest BCUT2D eigenvalue weighted by Crippen LogP contribution is -2.27. The van der Waals surface area contributed by atoms with Gasteiger partial charge in [-0.05, 0) is 41.3 Å². The fraction of sp³-hybridized carbons (Fsp3) is 0.179. The van der Waals surface area contributed by atoms with E-state index in [1.54, 1.807) is 60.9 Å². The summed E-state index contributed by atoms with van der Waals surface area (Å²) in [5.74, 6) is -2.27. The number of para-hydroxylation sites is 1. The van der Waals surface area contributed by atoms with Gasteiger partial charge in [-0.1, -0.05) is 86.6 Å². The number of nitroso groups, excluding NO2 is 1. The van der Waals surface area contributed by atoms with Crippen molar-refractivity contribution in [3.63, 3.8) is 0 Å². The van der Waals surface area contributed by atoms with Gasteiger partial charge in [-0.25, -0.2) is 5.43 Å².